The molecule has 1 atom stereocenters. The molecule has 6 heteroatoms. The molecular formula is C17H16N4OS. The highest BCUT2D eigenvalue weighted by atomic mass is 32.2. The Morgan fingerprint density at radius 3 is 2.87 bits per heavy atom. The second-order valence-electron chi connectivity index (χ2n) is 5.23. The van der Waals surface area contributed by atoms with Gasteiger partial charge in [0.2, 0.25) is 0 Å². The lowest BCUT2D eigenvalue weighted by Gasteiger charge is -2.09. The average molecular weight is 324 g/mol. The normalized spacial score (nSPS) is 12.0. The van der Waals surface area contributed by atoms with E-state index < -0.39 is 0 Å². The topological polar surface area (TPSA) is 67.6 Å². The first-order chi connectivity index (χ1) is 11.2. The first kappa shape index (κ1) is 15.4. The first-order valence-electron chi connectivity index (χ1n) is 7.26. The molecule has 3 aromatic rings. The molecule has 0 saturated carbocycles. The van der Waals surface area contributed by atoms with Gasteiger partial charge in [0.1, 0.15) is 5.76 Å². The molecule has 0 N–H and O–H groups in total. The van der Waals surface area contributed by atoms with Crippen LogP contribution >= 0.6 is 11.8 Å². The fourth-order valence-electron chi connectivity index (χ4n) is 2.26. The summed E-state index contributed by atoms with van der Waals surface area (Å²) in [6, 6.07) is 14.1. The number of hydrogen-bond acceptors (Lipinski definition) is 5. The minimum absolute atomic E-state index is 0.195. The number of thioether (sulfide) groups is 1. The van der Waals surface area contributed by atoms with Crippen molar-refractivity contribution in [2.45, 2.75) is 30.8 Å². The zero-order chi connectivity index (χ0) is 16.2. The summed E-state index contributed by atoms with van der Waals surface area (Å²) in [5.41, 5.74) is 2.16. The summed E-state index contributed by atoms with van der Waals surface area (Å²) in [6.45, 7) is 4.43. The van der Waals surface area contributed by atoms with Crippen molar-refractivity contribution in [3.8, 4) is 17.5 Å². The Morgan fingerprint density at radius 2 is 2.17 bits per heavy atom. The molecule has 0 aliphatic rings. The number of aromatic nitrogens is 3. The molecule has 3 rings (SSSR count). The lowest BCUT2D eigenvalue weighted by atomic mass is 10.1. The van der Waals surface area contributed by atoms with E-state index in [-0.39, 0.29) is 5.25 Å². The molecule has 0 bridgehead atoms. The predicted molar refractivity (Wildman–Crippen MR) is 88.9 cm³/mol. The van der Waals surface area contributed by atoms with Crippen LogP contribution in [0.15, 0.2) is 52.2 Å². The summed E-state index contributed by atoms with van der Waals surface area (Å²) in [6.07, 6.45) is 1.65. The SMILES string of the molecule is Cc1cccc(-c2nnc(S[C@@H](C)C#N)n2Cc2ccco2)c1. The first-order valence-corrected chi connectivity index (χ1v) is 8.14. The fraction of sp³-hybridized carbons (Fsp3) is 0.235. The quantitative estimate of drug-likeness (QED) is 0.666. The lowest BCUT2D eigenvalue weighted by Crippen LogP contribution is -2.05. The Morgan fingerprint density at radius 1 is 1.30 bits per heavy atom. The molecule has 5 nitrogen and oxygen atoms in total. The van der Waals surface area contributed by atoms with Gasteiger partial charge >= 0.3 is 0 Å². The molecule has 0 radical (unpaired) electrons. The number of rotatable bonds is 5. The Kier molecular flexibility index (Phi) is 4.49. The van der Waals surface area contributed by atoms with Crippen molar-refractivity contribution in [3.05, 3.63) is 54.0 Å². The van der Waals surface area contributed by atoms with Gasteiger partial charge in [-0.2, -0.15) is 5.26 Å². The van der Waals surface area contributed by atoms with Crippen LogP contribution in [0.5, 0.6) is 0 Å². The van der Waals surface area contributed by atoms with Gasteiger partial charge < -0.3 is 4.42 Å². The maximum absolute atomic E-state index is 9.06. The minimum atomic E-state index is -0.195. The highest BCUT2D eigenvalue weighted by Gasteiger charge is 2.17. The molecule has 23 heavy (non-hydrogen) atoms. The summed E-state index contributed by atoms with van der Waals surface area (Å²) >= 11 is 1.40. The van der Waals surface area contributed by atoms with Gasteiger partial charge in [0.05, 0.1) is 24.1 Å². The number of aryl methyl sites for hydroxylation is 1. The van der Waals surface area contributed by atoms with Crippen molar-refractivity contribution in [3.63, 3.8) is 0 Å². The monoisotopic (exact) mass is 324 g/mol. The number of benzene rings is 1. The van der Waals surface area contributed by atoms with Crippen molar-refractivity contribution in [2.24, 2.45) is 0 Å². The van der Waals surface area contributed by atoms with Crippen LogP contribution in [0.25, 0.3) is 11.4 Å². The average Bonchev–Trinajstić information content (AvgIpc) is 3.18. The van der Waals surface area contributed by atoms with E-state index >= 15 is 0 Å². The third-order valence-corrected chi connectivity index (χ3v) is 4.32. The molecule has 0 unspecified atom stereocenters. The van der Waals surface area contributed by atoms with Gasteiger partial charge in [0.25, 0.3) is 0 Å². The van der Waals surface area contributed by atoms with Gasteiger partial charge in [0, 0.05) is 5.56 Å². The van der Waals surface area contributed by atoms with Gasteiger partial charge in [-0.1, -0.05) is 35.5 Å². The molecule has 0 aliphatic heterocycles. The second kappa shape index (κ2) is 6.71. The predicted octanol–water partition coefficient (Wildman–Crippen LogP) is 3.90. The number of nitrogens with zero attached hydrogens (tertiary/aromatic N) is 4. The molecule has 0 amide bonds. The van der Waals surface area contributed by atoms with E-state index in [9.17, 15) is 0 Å². The van der Waals surface area contributed by atoms with Crippen molar-refractivity contribution >= 4 is 11.8 Å². The zero-order valence-corrected chi connectivity index (χ0v) is 13.7. The third kappa shape index (κ3) is 3.46. The van der Waals surface area contributed by atoms with E-state index in [0.717, 1.165) is 22.7 Å². The van der Waals surface area contributed by atoms with Gasteiger partial charge in [-0.3, -0.25) is 4.57 Å². The van der Waals surface area contributed by atoms with Crippen LogP contribution in [0.2, 0.25) is 0 Å². The minimum Gasteiger partial charge on any atom is -0.467 e. The molecule has 0 aliphatic carbocycles. The van der Waals surface area contributed by atoms with E-state index in [1.807, 2.05) is 48.7 Å². The highest BCUT2D eigenvalue weighted by Crippen LogP contribution is 2.28. The Hall–Kier alpha value is -2.52. The van der Waals surface area contributed by atoms with Crippen LogP contribution in [-0.4, -0.2) is 20.0 Å². The summed E-state index contributed by atoms with van der Waals surface area (Å²) in [4.78, 5) is 0. The second-order valence-corrected chi connectivity index (χ2v) is 6.54. The van der Waals surface area contributed by atoms with E-state index in [4.69, 9.17) is 9.68 Å². The van der Waals surface area contributed by atoms with Crippen molar-refractivity contribution < 1.29 is 4.42 Å². The van der Waals surface area contributed by atoms with Gasteiger partial charge in [-0.25, -0.2) is 0 Å². The van der Waals surface area contributed by atoms with E-state index in [1.54, 1.807) is 6.26 Å². The van der Waals surface area contributed by atoms with Crippen molar-refractivity contribution in [1.29, 1.82) is 5.26 Å². The summed E-state index contributed by atoms with van der Waals surface area (Å²) in [5.74, 6) is 1.60. The Balaban J connectivity index is 2.03. The molecular weight excluding hydrogens is 308 g/mol. The van der Waals surface area contributed by atoms with Crippen LogP contribution in [-0.2, 0) is 6.54 Å². The third-order valence-electron chi connectivity index (χ3n) is 3.35. The molecule has 1 aromatic carbocycles. The summed E-state index contributed by atoms with van der Waals surface area (Å²) < 4.78 is 7.45. The molecule has 0 fully saturated rings. The highest BCUT2D eigenvalue weighted by molar-refractivity contribution is 8.00. The largest absolute Gasteiger partial charge is 0.467 e. The van der Waals surface area contributed by atoms with Crippen molar-refractivity contribution in [2.75, 3.05) is 0 Å². The summed E-state index contributed by atoms with van der Waals surface area (Å²) in [7, 11) is 0. The summed E-state index contributed by atoms with van der Waals surface area (Å²) in [5, 5.41) is 18.2. The lowest BCUT2D eigenvalue weighted by molar-refractivity contribution is 0.485. The van der Waals surface area contributed by atoms with Crippen LogP contribution < -0.4 is 0 Å². The zero-order valence-electron chi connectivity index (χ0n) is 12.9. The van der Waals surface area contributed by atoms with Gasteiger partial charge in [-0.05, 0) is 32.0 Å². The van der Waals surface area contributed by atoms with E-state index in [0.29, 0.717) is 11.7 Å². The van der Waals surface area contributed by atoms with Crippen LogP contribution in [0.1, 0.15) is 18.2 Å². The maximum atomic E-state index is 9.06. The fourth-order valence-corrected chi connectivity index (χ4v) is 2.99. The Labute approximate surface area is 139 Å². The van der Waals surface area contributed by atoms with Gasteiger partial charge in [0.15, 0.2) is 11.0 Å². The van der Waals surface area contributed by atoms with E-state index in [2.05, 4.69) is 22.3 Å². The molecule has 116 valence electrons. The van der Waals surface area contributed by atoms with Crippen LogP contribution in [0.3, 0.4) is 0 Å². The van der Waals surface area contributed by atoms with Gasteiger partial charge in [-0.15, -0.1) is 10.2 Å². The maximum Gasteiger partial charge on any atom is 0.193 e. The molecule has 0 spiro atoms. The number of nitriles is 1. The van der Waals surface area contributed by atoms with Crippen LogP contribution in [0.4, 0.5) is 0 Å². The van der Waals surface area contributed by atoms with E-state index in [1.165, 1.54) is 11.8 Å². The molecule has 2 heterocycles. The Bertz CT molecular complexity index is 833. The molecule has 0 saturated heterocycles. The standard InChI is InChI=1S/C17H16N4OS/c1-12-5-3-6-14(9-12)16-19-20-17(23-13(2)10-18)21(16)11-15-7-4-8-22-15/h3-9,13H,11H2,1-2H3/t13-/m0/s1. The number of hydrogen-bond donors (Lipinski definition) is 0. The number of furan rings is 1. The molecule has 2 aromatic heterocycles. The van der Waals surface area contributed by atoms with Crippen LogP contribution in [0, 0.1) is 18.3 Å². The smallest absolute Gasteiger partial charge is 0.193 e. The van der Waals surface area contributed by atoms with Crippen molar-refractivity contribution in [1.82, 2.24) is 14.8 Å².